The van der Waals surface area contributed by atoms with Gasteiger partial charge in [0.25, 0.3) is 5.91 Å². The normalized spacial score (nSPS) is 12.7. The lowest BCUT2D eigenvalue weighted by Crippen LogP contribution is -2.40. The third kappa shape index (κ3) is 7.07. The Morgan fingerprint density at radius 2 is 1.95 bits per heavy atom. The molecule has 0 fully saturated rings. The average Bonchev–Trinajstić information content (AvgIpc) is 3.32. The SMILES string of the molecule is COCCN(CC(=O)Nc1nc(CC(=O)N2CCc3ccccc3C2)cs1)C(=O)c1ccc(Cl)cc1Cl. The van der Waals surface area contributed by atoms with Crippen molar-refractivity contribution in [2.24, 2.45) is 0 Å². The van der Waals surface area contributed by atoms with Crippen molar-refractivity contribution in [3.8, 4) is 0 Å². The molecular weight excluding hydrogens is 535 g/mol. The summed E-state index contributed by atoms with van der Waals surface area (Å²) in [5.41, 5.74) is 3.28. The smallest absolute Gasteiger partial charge is 0.255 e. The van der Waals surface area contributed by atoms with Gasteiger partial charge in [-0.1, -0.05) is 47.5 Å². The average molecular weight is 561 g/mol. The number of hydrogen-bond acceptors (Lipinski definition) is 6. The summed E-state index contributed by atoms with van der Waals surface area (Å²) in [4.78, 5) is 46.2. The lowest BCUT2D eigenvalue weighted by molar-refractivity contribution is -0.131. The van der Waals surface area contributed by atoms with Crippen LogP contribution < -0.4 is 5.32 Å². The zero-order valence-corrected chi connectivity index (χ0v) is 22.5. The van der Waals surface area contributed by atoms with Gasteiger partial charge in [-0.15, -0.1) is 11.3 Å². The number of fused-ring (bicyclic) bond motifs is 1. The first-order valence-electron chi connectivity index (χ1n) is 11.7. The van der Waals surface area contributed by atoms with E-state index in [9.17, 15) is 14.4 Å². The molecule has 0 atom stereocenters. The number of carbonyl (C=O) groups is 3. The van der Waals surface area contributed by atoms with Crippen LogP contribution in [0.2, 0.25) is 10.0 Å². The predicted molar refractivity (Wildman–Crippen MR) is 144 cm³/mol. The molecule has 0 saturated carbocycles. The van der Waals surface area contributed by atoms with Gasteiger partial charge in [-0.05, 0) is 35.7 Å². The van der Waals surface area contributed by atoms with E-state index in [0.717, 1.165) is 6.42 Å². The van der Waals surface area contributed by atoms with Gasteiger partial charge in [-0.3, -0.25) is 14.4 Å². The molecule has 0 spiro atoms. The van der Waals surface area contributed by atoms with Crippen molar-refractivity contribution in [1.82, 2.24) is 14.8 Å². The molecule has 8 nitrogen and oxygen atoms in total. The van der Waals surface area contributed by atoms with Crippen LogP contribution in [-0.4, -0.2) is 65.9 Å². The summed E-state index contributed by atoms with van der Waals surface area (Å²) in [6, 6.07) is 12.7. The van der Waals surface area contributed by atoms with Crippen LogP contribution in [0.3, 0.4) is 0 Å². The van der Waals surface area contributed by atoms with Gasteiger partial charge in [0.05, 0.1) is 29.3 Å². The Morgan fingerprint density at radius 1 is 1.16 bits per heavy atom. The molecule has 1 N–H and O–H groups in total. The number of nitrogens with zero attached hydrogens (tertiary/aromatic N) is 3. The second kappa shape index (κ2) is 12.5. The van der Waals surface area contributed by atoms with Gasteiger partial charge in [-0.2, -0.15) is 0 Å². The van der Waals surface area contributed by atoms with Crippen molar-refractivity contribution < 1.29 is 19.1 Å². The number of methoxy groups -OCH3 is 1. The molecule has 1 aliphatic rings. The highest BCUT2D eigenvalue weighted by Crippen LogP contribution is 2.23. The molecule has 2 aromatic carbocycles. The topological polar surface area (TPSA) is 91.8 Å². The van der Waals surface area contributed by atoms with Crippen LogP contribution in [0.5, 0.6) is 0 Å². The number of ether oxygens (including phenoxy) is 1. The molecule has 37 heavy (non-hydrogen) atoms. The first-order valence-corrected chi connectivity index (χ1v) is 13.3. The Bertz CT molecular complexity index is 1300. The molecule has 0 radical (unpaired) electrons. The first-order chi connectivity index (χ1) is 17.8. The largest absolute Gasteiger partial charge is 0.383 e. The van der Waals surface area contributed by atoms with Crippen molar-refractivity contribution in [2.45, 2.75) is 19.4 Å². The lowest BCUT2D eigenvalue weighted by atomic mass is 10.00. The van der Waals surface area contributed by atoms with Crippen LogP contribution in [0.4, 0.5) is 5.13 Å². The fraction of sp³-hybridized carbons (Fsp3) is 0.308. The Kier molecular flexibility index (Phi) is 9.15. The number of aromatic nitrogens is 1. The number of thiazole rings is 1. The monoisotopic (exact) mass is 560 g/mol. The van der Waals surface area contributed by atoms with Gasteiger partial charge in [0.2, 0.25) is 11.8 Å². The minimum atomic E-state index is -0.422. The highest BCUT2D eigenvalue weighted by Gasteiger charge is 2.23. The Hall–Kier alpha value is -2.98. The van der Waals surface area contributed by atoms with Gasteiger partial charge in [0.15, 0.2) is 5.13 Å². The molecule has 194 valence electrons. The van der Waals surface area contributed by atoms with Gasteiger partial charge >= 0.3 is 0 Å². The Morgan fingerprint density at radius 3 is 2.70 bits per heavy atom. The summed E-state index contributed by atoms with van der Waals surface area (Å²) in [5, 5.41) is 5.45. The zero-order valence-electron chi connectivity index (χ0n) is 20.2. The number of carbonyl (C=O) groups excluding carboxylic acids is 3. The summed E-state index contributed by atoms with van der Waals surface area (Å²) in [7, 11) is 1.51. The van der Waals surface area contributed by atoms with Crippen molar-refractivity contribution in [2.75, 3.05) is 38.7 Å². The molecule has 1 aromatic heterocycles. The second-order valence-electron chi connectivity index (χ2n) is 8.55. The summed E-state index contributed by atoms with van der Waals surface area (Å²) in [6.07, 6.45) is 0.988. The maximum atomic E-state index is 13.0. The molecule has 3 amide bonds. The molecule has 0 bridgehead atoms. The number of benzene rings is 2. The van der Waals surface area contributed by atoms with Crippen LogP contribution in [0, 0.1) is 0 Å². The van der Waals surface area contributed by atoms with Gasteiger partial charge < -0.3 is 19.9 Å². The van der Waals surface area contributed by atoms with Crippen LogP contribution in [0.15, 0.2) is 47.8 Å². The van der Waals surface area contributed by atoms with E-state index in [1.54, 1.807) is 11.4 Å². The fourth-order valence-corrected chi connectivity index (χ4v) is 5.26. The summed E-state index contributed by atoms with van der Waals surface area (Å²) >= 11 is 13.4. The van der Waals surface area contributed by atoms with Crippen molar-refractivity contribution in [3.05, 3.63) is 80.3 Å². The molecule has 0 unspecified atom stereocenters. The maximum Gasteiger partial charge on any atom is 0.255 e. The lowest BCUT2D eigenvalue weighted by Gasteiger charge is -2.28. The van der Waals surface area contributed by atoms with Crippen molar-refractivity contribution >= 4 is 57.4 Å². The van der Waals surface area contributed by atoms with Crippen LogP contribution >= 0.6 is 34.5 Å². The highest BCUT2D eigenvalue weighted by atomic mass is 35.5. The van der Waals surface area contributed by atoms with E-state index in [4.69, 9.17) is 27.9 Å². The number of anilines is 1. The molecule has 4 rings (SSSR count). The Labute approximate surface area is 229 Å². The van der Waals surface area contributed by atoms with E-state index < -0.39 is 11.8 Å². The standard InChI is InChI=1S/C26H26Cl2N4O4S/c1-36-11-10-32(25(35)21-7-6-19(27)12-22(21)28)15-23(33)30-26-29-20(16-37-26)13-24(34)31-9-8-17-4-2-3-5-18(17)14-31/h2-7,12,16H,8-11,13-15H2,1H3,(H,29,30,33). The summed E-state index contributed by atoms with van der Waals surface area (Å²) in [6.45, 7) is 1.48. The molecule has 1 aliphatic heterocycles. The van der Waals surface area contributed by atoms with E-state index in [-0.39, 0.29) is 42.6 Å². The number of amides is 3. The number of halogens is 2. The molecule has 2 heterocycles. The van der Waals surface area contributed by atoms with Crippen LogP contribution in [-0.2, 0) is 33.7 Å². The molecule has 3 aromatic rings. The quantitative estimate of drug-likeness (QED) is 0.421. The highest BCUT2D eigenvalue weighted by molar-refractivity contribution is 7.13. The van der Waals surface area contributed by atoms with E-state index in [2.05, 4.69) is 16.4 Å². The fourth-order valence-electron chi connectivity index (χ4n) is 4.04. The first kappa shape index (κ1) is 27.1. The molecular formula is C26H26Cl2N4O4S. The van der Waals surface area contributed by atoms with E-state index >= 15 is 0 Å². The molecule has 0 aliphatic carbocycles. The second-order valence-corrected chi connectivity index (χ2v) is 10.2. The predicted octanol–water partition coefficient (Wildman–Crippen LogP) is 4.30. The number of hydrogen-bond donors (Lipinski definition) is 1. The zero-order chi connectivity index (χ0) is 26.4. The third-order valence-electron chi connectivity index (χ3n) is 5.96. The van der Waals surface area contributed by atoms with Gasteiger partial charge in [-0.25, -0.2) is 4.98 Å². The summed E-state index contributed by atoms with van der Waals surface area (Å²) < 4.78 is 5.09. The minimum Gasteiger partial charge on any atom is -0.383 e. The van der Waals surface area contributed by atoms with Gasteiger partial charge in [0, 0.05) is 37.1 Å². The van der Waals surface area contributed by atoms with E-state index in [1.807, 2.05) is 23.1 Å². The molecule has 0 saturated heterocycles. The van der Waals surface area contributed by atoms with Crippen molar-refractivity contribution in [3.63, 3.8) is 0 Å². The summed E-state index contributed by atoms with van der Waals surface area (Å²) in [5.74, 6) is -0.842. The van der Waals surface area contributed by atoms with Crippen molar-refractivity contribution in [1.29, 1.82) is 0 Å². The van der Waals surface area contributed by atoms with E-state index in [1.165, 1.54) is 46.6 Å². The Balaban J connectivity index is 1.34. The number of rotatable bonds is 9. The van der Waals surface area contributed by atoms with Crippen LogP contribution in [0.25, 0.3) is 0 Å². The maximum absolute atomic E-state index is 13.0. The third-order valence-corrected chi connectivity index (χ3v) is 7.32. The molecule has 11 heteroatoms. The minimum absolute atomic E-state index is 0.00568. The van der Waals surface area contributed by atoms with E-state index in [0.29, 0.717) is 28.9 Å². The van der Waals surface area contributed by atoms with Crippen LogP contribution in [0.1, 0.15) is 27.2 Å². The van der Waals surface area contributed by atoms with Gasteiger partial charge in [0.1, 0.15) is 6.54 Å². The number of nitrogens with one attached hydrogen (secondary N) is 1.